The third-order valence-corrected chi connectivity index (χ3v) is 5.15. The molecule has 1 aliphatic heterocycles. The predicted octanol–water partition coefficient (Wildman–Crippen LogP) is 3.70. The van der Waals surface area contributed by atoms with Crippen molar-refractivity contribution in [3.05, 3.63) is 24.3 Å². The first kappa shape index (κ1) is 16.3. The summed E-state index contributed by atoms with van der Waals surface area (Å²) in [7, 11) is 0. The van der Waals surface area contributed by atoms with Gasteiger partial charge in [0.05, 0.1) is 12.0 Å². The molecule has 3 rings (SSSR count). The van der Waals surface area contributed by atoms with E-state index in [9.17, 15) is 9.90 Å². The van der Waals surface area contributed by atoms with Gasteiger partial charge in [0.15, 0.2) is 0 Å². The highest BCUT2D eigenvalue weighted by atomic mass is 16.3. The zero-order valence-electron chi connectivity index (χ0n) is 13.9. The molecule has 23 heavy (non-hydrogen) atoms. The lowest BCUT2D eigenvalue weighted by Gasteiger charge is -2.31. The van der Waals surface area contributed by atoms with Crippen molar-refractivity contribution in [2.24, 2.45) is 0 Å². The minimum absolute atomic E-state index is 0.0832. The summed E-state index contributed by atoms with van der Waals surface area (Å²) in [6.45, 7) is 2.25. The Morgan fingerprint density at radius 2 is 1.61 bits per heavy atom. The van der Waals surface area contributed by atoms with E-state index in [2.05, 4.69) is 22.3 Å². The molecule has 4 heteroatoms. The van der Waals surface area contributed by atoms with Crippen molar-refractivity contribution in [2.75, 3.05) is 23.3 Å². The van der Waals surface area contributed by atoms with Crippen LogP contribution in [0.5, 0.6) is 0 Å². The summed E-state index contributed by atoms with van der Waals surface area (Å²) in [4.78, 5) is 14.6. The molecule has 126 valence electrons. The molecule has 1 aliphatic carbocycles. The lowest BCUT2D eigenvalue weighted by atomic mass is 9.82. The Morgan fingerprint density at radius 3 is 2.26 bits per heavy atom. The van der Waals surface area contributed by atoms with Gasteiger partial charge in [-0.2, -0.15) is 0 Å². The van der Waals surface area contributed by atoms with Gasteiger partial charge < -0.3 is 15.3 Å². The van der Waals surface area contributed by atoms with E-state index in [0.717, 1.165) is 44.5 Å². The van der Waals surface area contributed by atoms with Crippen LogP contribution in [0.15, 0.2) is 24.3 Å². The minimum Gasteiger partial charge on any atom is -0.389 e. The normalized spacial score (nSPS) is 21.0. The maximum atomic E-state index is 12.2. The third-order valence-electron chi connectivity index (χ3n) is 5.15. The number of rotatable bonds is 4. The minimum atomic E-state index is -0.796. The number of aliphatic hydroxyl groups is 1. The number of nitrogens with zero attached hydrogens (tertiary/aromatic N) is 1. The average molecular weight is 316 g/mol. The number of anilines is 2. The fourth-order valence-corrected chi connectivity index (χ4v) is 3.80. The van der Waals surface area contributed by atoms with E-state index in [4.69, 9.17) is 0 Å². The highest BCUT2D eigenvalue weighted by Gasteiger charge is 2.31. The summed E-state index contributed by atoms with van der Waals surface area (Å²) in [6, 6.07) is 8.09. The van der Waals surface area contributed by atoms with Gasteiger partial charge in [0, 0.05) is 24.5 Å². The topological polar surface area (TPSA) is 52.6 Å². The van der Waals surface area contributed by atoms with Crippen molar-refractivity contribution in [3.8, 4) is 0 Å². The van der Waals surface area contributed by atoms with Crippen LogP contribution < -0.4 is 10.2 Å². The molecule has 0 radical (unpaired) electrons. The maximum absolute atomic E-state index is 12.2. The van der Waals surface area contributed by atoms with Crippen LogP contribution in [0.4, 0.5) is 11.4 Å². The van der Waals surface area contributed by atoms with Crippen molar-refractivity contribution < 1.29 is 9.90 Å². The molecule has 1 saturated carbocycles. The summed E-state index contributed by atoms with van der Waals surface area (Å²) in [5, 5.41) is 13.4. The van der Waals surface area contributed by atoms with Crippen molar-refractivity contribution in [2.45, 2.75) is 63.4 Å². The Kier molecular flexibility index (Phi) is 5.21. The smallest absolute Gasteiger partial charge is 0.227 e. The van der Waals surface area contributed by atoms with Gasteiger partial charge in [0.25, 0.3) is 0 Å². The van der Waals surface area contributed by atoms with Crippen LogP contribution in [-0.2, 0) is 4.79 Å². The second-order valence-electron chi connectivity index (χ2n) is 7.10. The molecule has 0 spiro atoms. The van der Waals surface area contributed by atoms with E-state index in [-0.39, 0.29) is 12.3 Å². The molecule has 0 bridgehead atoms. The summed E-state index contributed by atoms with van der Waals surface area (Å²) in [5.41, 5.74) is 1.25. The van der Waals surface area contributed by atoms with Crippen LogP contribution in [0.2, 0.25) is 0 Å². The fourth-order valence-electron chi connectivity index (χ4n) is 3.80. The molecule has 1 heterocycles. The highest BCUT2D eigenvalue weighted by molar-refractivity contribution is 5.91. The van der Waals surface area contributed by atoms with Crippen LogP contribution in [0.25, 0.3) is 0 Å². The van der Waals surface area contributed by atoms with Crippen LogP contribution in [0.1, 0.15) is 57.8 Å². The lowest BCUT2D eigenvalue weighted by molar-refractivity contribution is -0.122. The average Bonchev–Trinajstić information content (AvgIpc) is 2.56. The Balaban J connectivity index is 1.54. The van der Waals surface area contributed by atoms with E-state index in [1.165, 1.54) is 31.4 Å². The first-order valence-electron chi connectivity index (χ1n) is 9.02. The number of carbonyl (C=O) groups excluding carboxylic acids is 1. The molecule has 2 N–H and O–H groups in total. The third kappa shape index (κ3) is 4.47. The van der Waals surface area contributed by atoms with Crippen LogP contribution in [0.3, 0.4) is 0 Å². The molecule has 1 amide bonds. The second-order valence-corrected chi connectivity index (χ2v) is 7.10. The molecule has 4 nitrogen and oxygen atoms in total. The second kappa shape index (κ2) is 7.35. The zero-order chi connectivity index (χ0) is 16.1. The van der Waals surface area contributed by atoms with Crippen molar-refractivity contribution in [1.82, 2.24) is 0 Å². The predicted molar refractivity (Wildman–Crippen MR) is 93.8 cm³/mol. The molecule has 0 unspecified atom stereocenters. The van der Waals surface area contributed by atoms with E-state index in [1.807, 2.05) is 12.1 Å². The van der Waals surface area contributed by atoms with Crippen molar-refractivity contribution in [1.29, 1.82) is 0 Å². The molecule has 1 aromatic rings. The lowest BCUT2D eigenvalue weighted by Crippen LogP contribution is -2.35. The SMILES string of the molecule is O=C(CC1(O)CCCCC1)Nc1ccc(N2CCCCC2)cc1. The van der Waals surface area contributed by atoms with Crippen LogP contribution in [-0.4, -0.2) is 29.7 Å². The van der Waals surface area contributed by atoms with Gasteiger partial charge in [-0.05, 0) is 56.4 Å². The monoisotopic (exact) mass is 316 g/mol. The molecule has 2 fully saturated rings. The number of amides is 1. The number of hydrogen-bond acceptors (Lipinski definition) is 3. The first-order valence-corrected chi connectivity index (χ1v) is 9.02. The molecule has 0 atom stereocenters. The molecule has 2 aliphatic rings. The van der Waals surface area contributed by atoms with Crippen molar-refractivity contribution >= 4 is 17.3 Å². The van der Waals surface area contributed by atoms with E-state index >= 15 is 0 Å². The number of benzene rings is 1. The van der Waals surface area contributed by atoms with Gasteiger partial charge in [-0.15, -0.1) is 0 Å². The van der Waals surface area contributed by atoms with Gasteiger partial charge in [0.1, 0.15) is 0 Å². The Hall–Kier alpha value is -1.55. The molecule has 1 saturated heterocycles. The van der Waals surface area contributed by atoms with Gasteiger partial charge in [0.2, 0.25) is 5.91 Å². The van der Waals surface area contributed by atoms with E-state index in [0.29, 0.717) is 0 Å². The molecular weight excluding hydrogens is 288 g/mol. The number of nitrogens with one attached hydrogen (secondary N) is 1. The molecule has 1 aromatic carbocycles. The Bertz CT molecular complexity index is 515. The largest absolute Gasteiger partial charge is 0.389 e. The van der Waals surface area contributed by atoms with Gasteiger partial charge in [-0.1, -0.05) is 19.3 Å². The summed E-state index contributed by atoms with van der Waals surface area (Å²) < 4.78 is 0. The van der Waals surface area contributed by atoms with Crippen LogP contribution >= 0.6 is 0 Å². The quantitative estimate of drug-likeness (QED) is 0.890. The fraction of sp³-hybridized carbons (Fsp3) is 0.632. The van der Waals surface area contributed by atoms with Gasteiger partial charge in [-0.25, -0.2) is 0 Å². The number of carbonyl (C=O) groups is 1. The number of hydrogen-bond donors (Lipinski definition) is 2. The Labute approximate surface area is 138 Å². The van der Waals surface area contributed by atoms with Gasteiger partial charge >= 0.3 is 0 Å². The van der Waals surface area contributed by atoms with E-state index < -0.39 is 5.60 Å². The zero-order valence-corrected chi connectivity index (χ0v) is 13.9. The van der Waals surface area contributed by atoms with Crippen molar-refractivity contribution in [3.63, 3.8) is 0 Å². The summed E-state index contributed by atoms with van der Waals surface area (Å²) in [5.74, 6) is -0.0832. The van der Waals surface area contributed by atoms with E-state index in [1.54, 1.807) is 0 Å². The number of piperidine rings is 1. The standard InChI is InChI=1S/C19H28N2O2/c22-18(15-19(23)11-3-1-4-12-19)20-16-7-9-17(10-8-16)21-13-5-2-6-14-21/h7-10,23H,1-6,11-15H2,(H,20,22). The van der Waals surface area contributed by atoms with Gasteiger partial charge in [-0.3, -0.25) is 4.79 Å². The molecule has 0 aromatic heterocycles. The highest BCUT2D eigenvalue weighted by Crippen LogP contribution is 2.31. The first-order chi connectivity index (χ1) is 11.1. The maximum Gasteiger partial charge on any atom is 0.227 e. The summed E-state index contributed by atoms with van der Waals surface area (Å²) in [6.07, 6.45) is 8.76. The molecular formula is C19H28N2O2. The summed E-state index contributed by atoms with van der Waals surface area (Å²) >= 11 is 0. The Morgan fingerprint density at radius 1 is 1.00 bits per heavy atom. The van der Waals surface area contributed by atoms with Crippen LogP contribution in [0, 0.1) is 0 Å².